The largest absolute Gasteiger partial charge is 0.463 e. The Morgan fingerprint density at radius 2 is 1.52 bits per heavy atom. The van der Waals surface area contributed by atoms with Gasteiger partial charge in [0.15, 0.2) is 0 Å². The molecule has 0 radical (unpaired) electrons. The van der Waals surface area contributed by atoms with E-state index in [0.717, 1.165) is 0 Å². The van der Waals surface area contributed by atoms with Crippen molar-refractivity contribution in [3.8, 4) is 0 Å². The summed E-state index contributed by atoms with van der Waals surface area (Å²) in [4.78, 5) is 37.4. The van der Waals surface area contributed by atoms with Gasteiger partial charge in [0.1, 0.15) is 5.69 Å². The summed E-state index contributed by atoms with van der Waals surface area (Å²) in [6, 6.07) is 6.16. The van der Waals surface area contributed by atoms with Crippen LogP contribution in [0.4, 0.5) is 11.4 Å². The van der Waals surface area contributed by atoms with Gasteiger partial charge in [0.05, 0.1) is 29.3 Å². The summed E-state index contributed by atoms with van der Waals surface area (Å²) in [7, 11) is 0. The van der Waals surface area contributed by atoms with E-state index in [9.17, 15) is 19.7 Å². The summed E-state index contributed by atoms with van der Waals surface area (Å²) in [5.41, 5.74) is 1.62. The molecule has 144 valence electrons. The molecule has 2 rings (SSSR count). The van der Waals surface area contributed by atoms with Gasteiger partial charge >= 0.3 is 11.9 Å². The van der Waals surface area contributed by atoms with Crippen molar-refractivity contribution in [1.29, 1.82) is 0 Å². The zero-order chi connectivity index (χ0) is 20.1. The average molecular weight is 374 g/mol. The highest BCUT2D eigenvalue weighted by atomic mass is 16.6. The topological polar surface area (TPSA) is 99.0 Å². The van der Waals surface area contributed by atoms with Crippen molar-refractivity contribution in [2.45, 2.75) is 34.1 Å². The average Bonchev–Trinajstić information content (AvgIpc) is 2.62. The van der Waals surface area contributed by atoms with Crippen LogP contribution >= 0.6 is 0 Å². The number of esters is 2. The molecule has 0 saturated heterocycles. The van der Waals surface area contributed by atoms with Crippen molar-refractivity contribution < 1.29 is 24.0 Å². The van der Waals surface area contributed by atoms with Gasteiger partial charge in [-0.05, 0) is 33.8 Å². The molecule has 0 saturated carbocycles. The lowest BCUT2D eigenvalue weighted by atomic mass is 9.95. The van der Waals surface area contributed by atoms with E-state index in [4.69, 9.17) is 9.47 Å². The number of anilines is 1. The first-order valence-corrected chi connectivity index (χ1v) is 8.60. The molecule has 1 aromatic carbocycles. The fourth-order valence-corrected chi connectivity index (χ4v) is 3.00. The standard InChI is InChI=1S/C19H22N2O6/c1-5-26-18(22)14-11-15(19(23)27-6-2)13(4)20(12(14)3)16-9-7-8-10-17(16)21(24)25/h7-10H,5-6,11H2,1-4H3. The number of nitro benzene ring substituents is 1. The van der Waals surface area contributed by atoms with Crippen LogP contribution in [0.2, 0.25) is 0 Å². The summed E-state index contributed by atoms with van der Waals surface area (Å²) < 4.78 is 10.2. The van der Waals surface area contributed by atoms with Gasteiger partial charge < -0.3 is 14.4 Å². The van der Waals surface area contributed by atoms with Crippen LogP contribution in [0, 0.1) is 10.1 Å². The maximum atomic E-state index is 12.4. The fourth-order valence-electron chi connectivity index (χ4n) is 3.00. The minimum Gasteiger partial charge on any atom is -0.463 e. The first kappa shape index (κ1) is 20.2. The zero-order valence-electron chi connectivity index (χ0n) is 15.8. The van der Waals surface area contributed by atoms with Gasteiger partial charge in [-0.15, -0.1) is 0 Å². The SMILES string of the molecule is CCOC(=O)C1=C(C)N(c2ccccc2[N+](=O)[O-])C(C)=C(C(=O)OCC)C1. The molecule has 8 nitrogen and oxygen atoms in total. The third-order valence-electron chi connectivity index (χ3n) is 4.26. The molecule has 1 aliphatic rings. The number of allylic oxidation sites excluding steroid dienone is 2. The summed E-state index contributed by atoms with van der Waals surface area (Å²) in [6.45, 7) is 7.08. The molecule has 0 atom stereocenters. The quantitative estimate of drug-likeness (QED) is 0.427. The molecule has 1 heterocycles. The second-order valence-corrected chi connectivity index (χ2v) is 5.83. The second-order valence-electron chi connectivity index (χ2n) is 5.83. The van der Waals surface area contributed by atoms with Crippen LogP contribution in [-0.2, 0) is 19.1 Å². The van der Waals surface area contributed by atoms with E-state index in [2.05, 4.69) is 0 Å². The van der Waals surface area contributed by atoms with Crippen molar-refractivity contribution in [3.05, 3.63) is 56.9 Å². The van der Waals surface area contributed by atoms with E-state index in [1.54, 1.807) is 50.8 Å². The monoisotopic (exact) mass is 374 g/mol. The Labute approximate surface area is 157 Å². The van der Waals surface area contributed by atoms with Gasteiger partial charge in [0.25, 0.3) is 5.69 Å². The van der Waals surface area contributed by atoms with Crippen LogP contribution in [0.5, 0.6) is 0 Å². The van der Waals surface area contributed by atoms with E-state index in [1.807, 2.05) is 0 Å². The Hall–Kier alpha value is -3.16. The van der Waals surface area contributed by atoms with Crippen LogP contribution < -0.4 is 4.90 Å². The van der Waals surface area contributed by atoms with Crippen LogP contribution in [0.3, 0.4) is 0 Å². The first-order valence-electron chi connectivity index (χ1n) is 8.60. The maximum Gasteiger partial charge on any atom is 0.336 e. The number of carbonyl (C=O) groups excluding carboxylic acids is 2. The molecule has 0 amide bonds. The Morgan fingerprint density at radius 3 is 1.96 bits per heavy atom. The normalized spacial score (nSPS) is 14.3. The molecular formula is C19H22N2O6. The molecule has 0 N–H and O–H groups in total. The predicted octanol–water partition coefficient (Wildman–Crippen LogP) is 3.48. The maximum absolute atomic E-state index is 12.4. The number of hydrogen-bond acceptors (Lipinski definition) is 7. The third kappa shape index (κ3) is 3.99. The molecule has 0 aliphatic carbocycles. The highest BCUT2D eigenvalue weighted by molar-refractivity contribution is 5.98. The lowest BCUT2D eigenvalue weighted by Crippen LogP contribution is -2.31. The Bertz CT molecular complexity index is 800. The van der Waals surface area contributed by atoms with Crippen LogP contribution in [0.1, 0.15) is 34.1 Å². The molecule has 0 spiro atoms. The fraction of sp³-hybridized carbons (Fsp3) is 0.368. The van der Waals surface area contributed by atoms with Crippen molar-refractivity contribution in [2.24, 2.45) is 0 Å². The molecule has 0 bridgehead atoms. The Balaban J connectivity index is 2.68. The van der Waals surface area contributed by atoms with E-state index in [-0.39, 0.29) is 42.2 Å². The van der Waals surface area contributed by atoms with Crippen LogP contribution in [-0.4, -0.2) is 30.1 Å². The number of benzene rings is 1. The van der Waals surface area contributed by atoms with Crippen molar-refractivity contribution in [1.82, 2.24) is 0 Å². The number of carbonyl (C=O) groups is 2. The van der Waals surface area contributed by atoms with Crippen molar-refractivity contribution in [3.63, 3.8) is 0 Å². The van der Waals surface area contributed by atoms with E-state index in [0.29, 0.717) is 11.4 Å². The minimum absolute atomic E-state index is 0.0481. The smallest absolute Gasteiger partial charge is 0.336 e. The molecule has 27 heavy (non-hydrogen) atoms. The van der Waals surface area contributed by atoms with Gasteiger partial charge in [-0.2, -0.15) is 0 Å². The summed E-state index contributed by atoms with van der Waals surface area (Å²) in [5, 5.41) is 11.5. The number of para-hydroxylation sites is 2. The van der Waals surface area contributed by atoms with E-state index < -0.39 is 16.9 Å². The molecule has 1 aliphatic heterocycles. The third-order valence-corrected chi connectivity index (χ3v) is 4.26. The molecule has 1 aromatic rings. The van der Waals surface area contributed by atoms with E-state index >= 15 is 0 Å². The van der Waals surface area contributed by atoms with Gasteiger partial charge in [-0.25, -0.2) is 9.59 Å². The number of ether oxygens (including phenoxy) is 2. The number of nitrogens with zero attached hydrogens (tertiary/aromatic N) is 2. The van der Waals surface area contributed by atoms with Crippen LogP contribution in [0.15, 0.2) is 46.8 Å². The molecule has 0 fully saturated rings. The predicted molar refractivity (Wildman–Crippen MR) is 98.9 cm³/mol. The highest BCUT2D eigenvalue weighted by Gasteiger charge is 2.34. The Morgan fingerprint density at radius 1 is 1.04 bits per heavy atom. The summed E-state index contributed by atoms with van der Waals surface area (Å²) >= 11 is 0. The molecule has 0 unspecified atom stereocenters. The van der Waals surface area contributed by atoms with Gasteiger partial charge in [0.2, 0.25) is 0 Å². The molecule has 8 heteroatoms. The highest BCUT2D eigenvalue weighted by Crippen LogP contribution is 2.39. The second kappa shape index (κ2) is 8.48. The number of hydrogen-bond donors (Lipinski definition) is 0. The number of nitro groups is 1. The molecular weight excluding hydrogens is 352 g/mol. The molecule has 0 aromatic heterocycles. The van der Waals surface area contributed by atoms with Crippen molar-refractivity contribution >= 4 is 23.3 Å². The van der Waals surface area contributed by atoms with Gasteiger partial charge in [0, 0.05) is 23.9 Å². The van der Waals surface area contributed by atoms with Crippen LogP contribution in [0.25, 0.3) is 0 Å². The summed E-state index contributed by atoms with van der Waals surface area (Å²) in [6.07, 6.45) is 0.0481. The Kier molecular flexibility index (Phi) is 6.33. The van der Waals surface area contributed by atoms with E-state index in [1.165, 1.54) is 6.07 Å². The number of rotatable bonds is 6. The first-order chi connectivity index (χ1) is 12.8. The van der Waals surface area contributed by atoms with Crippen molar-refractivity contribution in [2.75, 3.05) is 18.1 Å². The lowest BCUT2D eigenvalue weighted by Gasteiger charge is -2.33. The lowest BCUT2D eigenvalue weighted by molar-refractivity contribution is -0.384. The zero-order valence-corrected chi connectivity index (χ0v) is 15.8. The van der Waals surface area contributed by atoms with Gasteiger partial charge in [-0.1, -0.05) is 12.1 Å². The van der Waals surface area contributed by atoms with Gasteiger partial charge in [-0.3, -0.25) is 10.1 Å². The minimum atomic E-state index is -0.562. The summed E-state index contributed by atoms with van der Waals surface area (Å²) in [5.74, 6) is -1.12.